The molecule has 29 heavy (non-hydrogen) atoms. The molecule has 6 nitrogen and oxygen atoms in total. The van der Waals surface area contributed by atoms with E-state index < -0.39 is 5.82 Å². The first-order chi connectivity index (χ1) is 14.0. The van der Waals surface area contributed by atoms with Crippen LogP contribution in [0.5, 0.6) is 0 Å². The summed E-state index contributed by atoms with van der Waals surface area (Å²) in [6, 6.07) is 11.1. The van der Waals surface area contributed by atoms with Gasteiger partial charge in [-0.2, -0.15) is 0 Å². The molecule has 0 radical (unpaired) electrons. The minimum atomic E-state index is -0.438. The smallest absolute Gasteiger partial charge is 0.255 e. The number of halogens is 1. The Hall–Kier alpha value is -3.13. The molecular weight excluding hydrogens is 391 g/mol. The Kier molecular flexibility index (Phi) is 5.35. The lowest BCUT2D eigenvalue weighted by Gasteiger charge is -2.16. The number of aryl methyl sites for hydroxylation is 1. The average Bonchev–Trinajstić information content (AvgIpc) is 3.32. The van der Waals surface area contributed by atoms with Crippen molar-refractivity contribution in [2.24, 2.45) is 7.05 Å². The fraction of sp³-hybridized carbons (Fsp3) is 0.190. The maximum atomic E-state index is 13.8. The molecule has 0 spiro atoms. The average molecular weight is 410 g/mol. The summed E-state index contributed by atoms with van der Waals surface area (Å²) in [4.78, 5) is 31.2. The fourth-order valence-electron chi connectivity index (χ4n) is 3.15. The lowest BCUT2D eigenvalue weighted by atomic mass is 10.1. The van der Waals surface area contributed by atoms with Gasteiger partial charge in [-0.3, -0.25) is 9.59 Å². The Bertz CT molecular complexity index is 1060. The standard InChI is InChI=1S/C21H19FN4O2S/c1-25-12-10-23-21(25)29-18-9-6-15(22)13-17(18)24-20(28)14-4-7-16(8-5-14)26-11-2-3-19(26)27/h4-10,12-13H,2-3,11H2,1H3,(H,24,28). The molecule has 1 aliphatic heterocycles. The van der Waals surface area contributed by atoms with E-state index in [9.17, 15) is 14.0 Å². The van der Waals surface area contributed by atoms with E-state index in [1.807, 2.05) is 17.8 Å². The van der Waals surface area contributed by atoms with Crippen molar-refractivity contribution in [1.82, 2.24) is 9.55 Å². The molecular formula is C21H19FN4O2S. The van der Waals surface area contributed by atoms with Gasteiger partial charge in [0.25, 0.3) is 5.91 Å². The van der Waals surface area contributed by atoms with Gasteiger partial charge < -0.3 is 14.8 Å². The number of nitrogens with zero attached hydrogens (tertiary/aromatic N) is 3. The van der Waals surface area contributed by atoms with E-state index >= 15 is 0 Å². The summed E-state index contributed by atoms with van der Waals surface area (Å²) in [6.45, 7) is 0.696. The number of hydrogen-bond donors (Lipinski definition) is 1. The van der Waals surface area contributed by atoms with Crippen LogP contribution in [-0.4, -0.2) is 27.9 Å². The molecule has 8 heteroatoms. The summed E-state index contributed by atoms with van der Waals surface area (Å²) in [5.74, 6) is -0.693. The second kappa shape index (κ2) is 8.08. The van der Waals surface area contributed by atoms with Gasteiger partial charge in [-0.15, -0.1) is 0 Å². The van der Waals surface area contributed by atoms with Gasteiger partial charge in [-0.1, -0.05) is 0 Å². The van der Waals surface area contributed by atoms with E-state index in [1.54, 1.807) is 41.4 Å². The molecule has 2 amide bonds. The van der Waals surface area contributed by atoms with E-state index in [-0.39, 0.29) is 11.8 Å². The molecule has 0 unspecified atom stereocenters. The fourth-order valence-corrected chi connectivity index (χ4v) is 4.02. The molecule has 0 aliphatic carbocycles. The monoisotopic (exact) mass is 410 g/mol. The lowest BCUT2D eigenvalue weighted by Crippen LogP contribution is -2.23. The van der Waals surface area contributed by atoms with Gasteiger partial charge in [0.15, 0.2) is 5.16 Å². The summed E-state index contributed by atoms with van der Waals surface area (Å²) in [5.41, 5.74) is 1.58. The van der Waals surface area contributed by atoms with Crippen molar-refractivity contribution >= 4 is 35.0 Å². The number of aromatic nitrogens is 2. The zero-order valence-corrected chi connectivity index (χ0v) is 16.6. The Labute approximate surface area is 171 Å². The quantitative estimate of drug-likeness (QED) is 0.688. The van der Waals surface area contributed by atoms with Crippen LogP contribution in [-0.2, 0) is 11.8 Å². The summed E-state index contributed by atoms with van der Waals surface area (Å²) in [5, 5.41) is 3.51. The van der Waals surface area contributed by atoms with Gasteiger partial charge >= 0.3 is 0 Å². The highest BCUT2D eigenvalue weighted by Gasteiger charge is 2.22. The van der Waals surface area contributed by atoms with Crippen LogP contribution in [0.15, 0.2) is 64.9 Å². The van der Waals surface area contributed by atoms with Crippen LogP contribution < -0.4 is 10.2 Å². The normalized spacial score (nSPS) is 13.7. The van der Waals surface area contributed by atoms with E-state index in [0.29, 0.717) is 29.1 Å². The Balaban J connectivity index is 1.53. The molecule has 148 valence electrons. The molecule has 2 heterocycles. The van der Waals surface area contributed by atoms with Crippen molar-refractivity contribution in [3.05, 3.63) is 66.2 Å². The number of imidazole rings is 1. The summed E-state index contributed by atoms with van der Waals surface area (Å²) in [7, 11) is 1.86. The van der Waals surface area contributed by atoms with Crippen molar-refractivity contribution in [3.8, 4) is 0 Å². The minimum absolute atomic E-state index is 0.0953. The predicted octanol–water partition coefficient (Wildman–Crippen LogP) is 4.09. The zero-order chi connectivity index (χ0) is 20.4. The van der Waals surface area contributed by atoms with Crippen molar-refractivity contribution in [1.29, 1.82) is 0 Å². The number of hydrogen-bond acceptors (Lipinski definition) is 4. The first-order valence-electron chi connectivity index (χ1n) is 9.18. The van der Waals surface area contributed by atoms with Crippen molar-refractivity contribution in [2.75, 3.05) is 16.8 Å². The number of amides is 2. The highest BCUT2D eigenvalue weighted by molar-refractivity contribution is 7.99. The molecule has 1 N–H and O–H groups in total. The lowest BCUT2D eigenvalue weighted by molar-refractivity contribution is -0.117. The molecule has 0 bridgehead atoms. The van der Waals surface area contributed by atoms with E-state index in [4.69, 9.17) is 0 Å². The van der Waals surface area contributed by atoms with Gasteiger partial charge in [0, 0.05) is 48.6 Å². The minimum Gasteiger partial charge on any atom is -0.329 e. The molecule has 2 aromatic carbocycles. The molecule has 3 aromatic rings. The predicted molar refractivity (Wildman–Crippen MR) is 110 cm³/mol. The van der Waals surface area contributed by atoms with Gasteiger partial charge in [-0.05, 0) is 60.6 Å². The third kappa shape index (κ3) is 4.17. The third-order valence-electron chi connectivity index (χ3n) is 4.68. The Morgan fingerprint density at radius 3 is 2.66 bits per heavy atom. The number of anilines is 2. The van der Waals surface area contributed by atoms with Crippen LogP contribution in [0, 0.1) is 5.82 Å². The van der Waals surface area contributed by atoms with Crippen molar-refractivity contribution in [2.45, 2.75) is 22.9 Å². The first-order valence-corrected chi connectivity index (χ1v) is 9.99. The van der Waals surface area contributed by atoms with Crippen LogP contribution in [0.1, 0.15) is 23.2 Å². The van der Waals surface area contributed by atoms with Crippen LogP contribution in [0.2, 0.25) is 0 Å². The number of benzene rings is 2. The van der Waals surface area contributed by atoms with E-state index in [1.165, 1.54) is 23.9 Å². The Morgan fingerprint density at radius 2 is 2.00 bits per heavy atom. The number of carbonyl (C=O) groups is 2. The van der Waals surface area contributed by atoms with Crippen molar-refractivity contribution < 1.29 is 14.0 Å². The van der Waals surface area contributed by atoms with Crippen molar-refractivity contribution in [3.63, 3.8) is 0 Å². The van der Waals surface area contributed by atoms with Gasteiger partial charge in [0.2, 0.25) is 5.91 Å². The number of carbonyl (C=O) groups excluding carboxylic acids is 2. The molecule has 0 atom stereocenters. The molecule has 1 fully saturated rings. The van der Waals surface area contributed by atoms with Crippen LogP contribution in [0.4, 0.5) is 15.8 Å². The highest BCUT2D eigenvalue weighted by atomic mass is 32.2. The molecule has 4 rings (SSSR count). The molecule has 1 aliphatic rings. The molecule has 1 saturated heterocycles. The van der Waals surface area contributed by atoms with Gasteiger partial charge in [0.1, 0.15) is 5.82 Å². The molecule has 0 saturated carbocycles. The van der Waals surface area contributed by atoms with E-state index in [2.05, 4.69) is 10.3 Å². The number of rotatable bonds is 5. The van der Waals surface area contributed by atoms with Gasteiger partial charge in [-0.25, -0.2) is 9.37 Å². The van der Waals surface area contributed by atoms with E-state index in [0.717, 1.165) is 17.3 Å². The second-order valence-corrected chi connectivity index (χ2v) is 7.72. The Morgan fingerprint density at radius 1 is 1.21 bits per heavy atom. The maximum Gasteiger partial charge on any atom is 0.255 e. The second-order valence-electron chi connectivity index (χ2n) is 6.71. The zero-order valence-electron chi connectivity index (χ0n) is 15.8. The third-order valence-corrected chi connectivity index (χ3v) is 5.83. The highest BCUT2D eigenvalue weighted by Crippen LogP contribution is 2.33. The molecule has 1 aromatic heterocycles. The topological polar surface area (TPSA) is 67.2 Å². The first kappa shape index (κ1) is 19.2. The van der Waals surface area contributed by atoms with Crippen LogP contribution in [0.25, 0.3) is 0 Å². The summed E-state index contributed by atoms with van der Waals surface area (Å²) >= 11 is 1.34. The maximum absolute atomic E-state index is 13.8. The largest absolute Gasteiger partial charge is 0.329 e. The summed E-state index contributed by atoms with van der Waals surface area (Å²) in [6.07, 6.45) is 4.89. The van der Waals surface area contributed by atoms with Crippen LogP contribution >= 0.6 is 11.8 Å². The van der Waals surface area contributed by atoms with Crippen LogP contribution in [0.3, 0.4) is 0 Å². The van der Waals surface area contributed by atoms with Gasteiger partial charge in [0.05, 0.1) is 5.69 Å². The SMILES string of the molecule is Cn1ccnc1Sc1ccc(F)cc1NC(=O)c1ccc(N2CCCC2=O)cc1. The summed E-state index contributed by atoms with van der Waals surface area (Å²) < 4.78 is 15.6. The number of nitrogens with one attached hydrogen (secondary N) is 1.